The van der Waals surface area contributed by atoms with Crippen molar-refractivity contribution in [3.05, 3.63) is 53.9 Å². The third-order valence-corrected chi connectivity index (χ3v) is 4.00. The van der Waals surface area contributed by atoms with Gasteiger partial charge in [0.1, 0.15) is 0 Å². The van der Waals surface area contributed by atoms with Crippen LogP contribution in [-0.2, 0) is 0 Å². The molecule has 2 heterocycles. The Bertz CT molecular complexity index is 806. The minimum Gasteiger partial charge on any atom is -0.504 e. The molecule has 25 heavy (non-hydrogen) atoms. The van der Waals surface area contributed by atoms with E-state index in [1.54, 1.807) is 35.4 Å². The van der Waals surface area contributed by atoms with Crippen LogP contribution in [0.25, 0.3) is 0 Å². The Labute approximate surface area is 149 Å². The lowest BCUT2D eigenvalue weighted by molar-refractivity contribution is 0.167. The Morgan fingerprint density at radius 1 is 1.40 bits per heavy atom. The summed E-state index contributed by atoms with van der Waals surface area (Å²) in [7, 11) is 0. The zero-order chi connectivity index (χ0) is 18.0. The number of hydrogen-bond donors (Lipinski definition) is 5. The van der Waals surface area contributed by atoms with E-state index in [4.69, 9.17) is 17.0 Å². The molecule has 0 unspecified atom stereocenters. The number of aromatic hydroxyl groups is 1. The van der Waals surface area contributed by atoms with Gasteiger partial charge in [0.05, 0.1) is 24.5 Å². The van der Waals surface area contributed by atoms with Gasteiger partial charge in [-0.3, -0.25) is 0 Å². The highest BCUT2D eigenvalue weighted by atomic mass is 32.1. The molecule has 132 valence electrons. The highest BCUT2D eigenvalue weighted by Gasteiger charge is 2.32. The Balaban J connectivity index is 2.13. The molecule has 5 N–H and O–H groups in total. The van der Waals surface area contributed by atoms with Crippen molar-refractivity contribution >= 4 is 17.3 Å². The zero-order valence-electron chi connectivity index (χ0n) is 13.4. The van der Waals surface area contributed by atoms with Gasteiger partial charge in [0, 0.05) is 12.4 Å². The summed E-state index contributed by atoms with van der Waals surface area (Å²) in [5.41, 5.74) is 0.941. The van der Waals surface area contributed by atoms with Gasteiger partial charge >= 0.3 is 0 Å². The molecule has 0 bridgehead atoms. The van der Waals surface area contributed by atoms with Gasteiger partial charge in [0.2, 0.25) is 0 Å². The van der Waals surface area contributed by atoms with E-state index < -0.39 is 12.3 Å². The van der Waals surface area contributed by atoms with Crippen LogP contribution in [-0.4, -0.2) is 42.8 Å². The Morgan fingerprint density at radius 3 is 2.84 bits per heavy atom. The fourth-order valence-electron chi connectivity index (χ4n) is 2.73. The molecule has 0 radical (unpaired) electrons. The van der Waals surface area contributed by atoms with Crippen molar-refractivity contribution in [3.63, 3.8) is 0 Å². The minimum atomic E-state index is -1.19. The first-order valence-electron chi connectivity index (χ1n) is 7.63. The lowest BCUT2D eigenvalue weighted by Gasteiger charge is -2.31. The summed E-state index contributed by atoms with van der Waals surface area (Å²) in [6.45, 7) is 2.20. The second-order valence-electron chi connectivity index (χ2n) is 5.38. The van der Waals surface area contributed by atoms with E-state index in [0.29, 0.717) is 17.9 Å². The number of ether oxygens (including phenoxy) is 1. The van der Waals surface area contributed by atoms with Crippen molar-refractivity contribution in [2.24, 2.45) is 0 Å². The van der Waals surface area contributed by atoms with E-state index >= 15 is 0 Å². The molecule has 0 aliphatic carbocycles. The maximum atomic E-state index is 10.4. The van der Waals surface area contributed by atoms with Crippen molar-refractivity contribution in [1.29, 1.82) is 0 Å². The van der Waals surface area contributed by atoms with Crippen LogP contribution in [0.1, 0.15) is 18.5 Å². The number of aliphatic hydroxyl groups is 2. The number of benzene rings is 1. The molecule has 9 heteroatoms. The molecule has 8 nitrogen and oxygen atoms in total. The summed E-state index contributed by atoms with van der Waals surface area (Å²) in [4.78, 5) is 4.03. The summed E-state index contributed by atoms with van der Waals surface area (Å²) in [5.74, 6) is 0.0859. The van der Waals surface area contributed by atoms with Gasteiger partial charge in [0.15, 0.2) is 28.7 Å². The highest BCUT2D eigenvalue weighted by Crippen LogP contribution is 2.35. The number of nitrogens with one attached hydrogen (secondary N) is 2. The molecule has 2 atom stereocenters. The van der Waals surface area contributed by atoms with Crippen molar-refractivity contribution in [1.82, 2.24) is 20.2 Å². The molecule has 0 saturated carbocycles. The SMILES string of the molecule is CCOc1cc([C@@H](C2=C(O)NC(=S)N[C@H]2O)n2ccnc2)ccc1O. The van der Waals surface area contributed by atoms with Crippen LogP contribution in [0.4, 0.5) is 0 Å². The summed E-state index contributed by atoms with van der Waals surface area (Å²) in [5, 5.41) is 36.1. The third kappa shape index (κ3) is 3.37. The van der Waals surface area contributed by atoms with Crippen LogP contribution in [0.3, 0.4) is 0 Å². The summed E-state index contributed by atoms with van der Waals surface area (Å²) >= 11 is 4.94. The van der Waals surface area contributed by atoms with Gasteiger partial charge in [-0.05, 0) is 36.8 Å². The van der Waals surface area contributed by atoms with Crippen LogP contribution in [0, 0.1) is 0 Å². The molecule has 1 aromatic heterocycles. The van der Waals surface area contributed by atoms with Crippen molar-refractivity contribution in [2.75, 3.05) is 6.61 Å². The minimum absolute atomic E-state index is 0.00908. The monoisotopic (exact) mass is 362 g/mol. The standard InChI is InChI=1S/C16H18N4O4S/c1-2-24-11-7-9(3-4-10(11)21)13(20-6-5-17-8-20)12-14(22)18-16(25)19-15(12)23/h3-8,13-14,21-23H,2H2,1H3,(H2,18,19,25)/t13-,14-/m0/s1. The average Bonchev–Trinajstić information content (AvgIpc) is 3.07. The Hall–Kier alpha value is -2.78. The maximum absolute atomic E-state index is 10.4. The summed E-state index contributed by atoms with van der Waals surface area (Å²) in [6.07, 6.45) is 3.68. The van der Waals surface area contributed by atoms with Crippen LogP contribution >= 0.6 is 12.2 Å². The molecule has 0 fully saturated rings. The van der Waals surface area contributed by atoms with E-state index in [9.17, 15) is 15.3 Å². The van der Waals surface area contributed by atoms with E-state index in [1.165, 1.54) is 6.07 Å². The molecule has 0 saturated heterocycles. The molecule has 0 amide bonds. The molecule has 3 rings (SSSR count). The third-order valence-electron chi connectivity index (χ3n) is 3.78. The molecule has 1 aliphatic heterocycles. The van der Waals surface area contributed by atoms with Gasteiger partial charge in [-0.1, -0.05) is 6.07 Å². The summed E-state index contributed by atoms with van der Waals surface area (Å²) < 4.78 is 7.15. The second-order valence-corrected chi connectivity index (χ2v) is 5.79. The van der Waals surface area contributed by atoms with E-state index in [1.807, 2.05) is 6.92 Å². The predicted molar refractivity (Wildman–Crippen MR) is 94.2 cm³/mol. The van der Waals surface area contributed by atoms with Crippen LogP contribution in [0.5, 0.6) is 11.5 Å². The number of imidazole rings is 1. The van der Waals surface area contributed by atoms with Crippen LogP contribution < -0.4 is 15.4 Å². The molecule has 1 aromatic carbocycles. The Morgan fingerprint density at radius 2 is 2.20 bits per heavy atom. The van der Waals surface area contributed by atoms with Gasteiger partial charge in [0.25, 0.3) is 0 Å². The number of thiocarbonyl (C=S) groups is 1. The number of phenols is 1. The van der Waals surface area contributed by atoms with Gasteiger partial charge in [-0.2, -0.15) is 0 Å². The van der Waals surface area contributed by atoms with Gasteiger partial charge < -0.3 is 35.3 Å². The largest absolute Gasteiger partial charge is 0.504 e. The van der Waals surface area contributed by atoms with Crippen molar-refractivity contribution < 1.29 is 20.1 Å². The molecular weight excluding hydrogens is 344 g/mol. The molecular formula is C16H18N4O4S. The number of aliphatic hydroxyl groups excluding tert-OH is 2. The number of hydrogen-bond acceptors (Lipinski definition) is 6. The quantitative estimate of drug-likeness (QED) is 0.504. The fraction of sp³-hybridized carbons (Fsp3) is 0.250. The number of phenolic OH excluding ortho intramolecular Hbond substituents is 1. The number of rotatable bonds is 5. The lowest BCUT2D eigenvalue weighted by atomic mass is 9.96. The van der Waals surface area contributed by atoms with E-state index in [-0.39, 0.29) is 22.3 Å². The maximum Gasteiger partial charge on any atom is 0.196 e. The predicted octanol–water partition coefficient (Wildman–Crippen LogP) is 1.14. The molecule has 1 aliphatic rings. The highest BCUT2D eigenvalue weighted by molar-refractivity contribution is 7.80. The second kappa shape index (κ2) is 6.99. The van der Waals surface area contributed by atoms with Crippen molar-refractivity contribution in [2.45, 2.75) is 19.2 Å². The van der Waals surface area contributed by atoms with Gasteiger partial charge in [-0.15, -0.1) is 0 Å². The first kappa shape index (κ1) is 17.1. The average molecular weight is 362 g/mol. The number of nitrogens with zero attached hydrogens (tertiary/aromatic N) is 2. The molecule has 2 aromatic rings. The van der Waals surface area contributed by atoms with Crippen LogP contribution in [0.15, 0.2) is 48.4 Å². The zero-order valence-corrected chi connectivity index (χ0v) is 14.2. The Kier molecular flexibility index (Phi) is 4.77. The number of aromatic nitrogens is 2. The van der Waals surface area contributed by atoms with Gasteiger partial charge in [-0.25, -0.2) is 4.98 Å². The topological polar surface area (TPSA) is 112 Å². The first-order chi connectivity index (χ1) is 12.0. The van der Waals surface area contributed by atoms with Crippen LogP contribution in [0.2, 0.25) is 0 Å². The smallest absolute Gasteiger partial charge is 0.196 e. The summed E-state index contributed by atoms with van der Waals surface area (Å²) in [6, 6.07) is 4.24. The lowest BCUT2D eigenvalue weighted by Crippen LogP contribution is -2.50. The van der Waals surface area contributed by atoms with Crippen molar-refractivity contribution in [3.8, 4) is 11.5 Å². The fourth-order valence-corrected chi connectivity index (χ4v) is 2.94. The van der Waals surface area contributed by atoms with E-state index in [2.05, 4.69) is 15.6 Å². The molecule has 0 spiro atoms. The normalized spacial score (nSPS) is 18.5. The first-order valence-corrected chi connectivity index (χ1v) is 8.03. The van der Waals surface area contributed by atoms with E-state index in [0.717, 1.165) is 0 Å².